The summed E-state index contributed by atoms with van der Waals surface area (Å²) >= 11 is 0. The summed E-state index contributed by atoms with van der Waals surface area (Å²) in [5, 5.41) is 8.84. The van der Waals surface area contributed by atoms with Crippen molar-refractivity contribution in [3.05, 3.63) is 22.8 Å². The van der Waals surface area contributed by atoms with E-state index in [0.29, 0.717) is 12.0 Å². The van der Waals surface area contributed by atoms with Gasteiger partial charge < -0.3 is 0 Å². The number of hydrogen-bond donors (Lipinski definition) is 0. The molecule has 0 N–H and O–H groups in total. The minimum atomic E-state index is 0.00292. The summed E-state index contributed by atoms with van der Waals surface area (Å²) in [4.78, 5) is 11.4. The number of nitrogens with zero attached hydrogens (tertiary/aromatic N) is 1. The van der Waals surface area contributed by atoms with Gasteiger partial charge in [-0.15, -0.1) is 0 Å². The molecule has 2 rings (SSSR count). The molecule has 2 nitrogen and oxygen atoms in total. The number of ketones is 1. The summed E-state index contributed by atoms with van der Waals surface area (Å²) in [6.07, 6.45) is 6.71. The first-order valence-electron chi connectivity index (χ1n) is 4.69. The standard InChI is InChI=1S/C11H11NO/c12-7-10-9-4-2-1-3-8(9)5-6-11(10)13/h5H,1-4,6H2. The predicted molar refractivity (Wildman–Crippen MR) is 48.8 cm³/mol. The van der Waals surface area contributed by atoms with Crippen LogP contribution in [-0.4, -0.2) is 5.78 Å². The molecule has 0 aromatic heterocycles. The summed E-state index contributed by atoms with van der Waals surface area (Å²) < 4.78 is 0. The van der Waals surface area contributed by atoms with Gasteiger partial charge in [-0.25, -0.2) is 0 Å². The Labute approximate surface area is 77.6 Å². The monoisotopic (exact) mass is 173 g/mol. The van der Waals surface area contributed by atoms with Crippen LogP contribution in [0.25, 0.3) is 0 Å². The van der Waals surface area contributed by atoms with E-state index in [1.807, 2.05) is 12.1 Å². The van der Waals surface area contributed by atoms with Gasteiger partial charge in [0.05, 0.1) is 5.57 Å². The Kier molecular flexibility index (Phi) is 2.02. The van der Waals surface area contributed by atoms with Crippen molar-refractivity contribution in [3.63, 3.8) is 0 Å². The van der Waals surface area contributed by atoms with E-state index in [1.54, 1.807) is 0 Å². The Morgan fingerprint density at radius 3 is 2.85 bits per heavy atom. The average Bonchev–Trinajstić information content (AvgIpc) is 2.18. The Morgan fingerprint density at radius 1 is 1.31 bits per heavy atom. The van der Waals surface area contributed by atoms with Crippen LogP contribution in [0.4, 0.5) is 0 Å². The second kappa shape index (κ2) is 3.18. The van der Waals surface area contributed by atoms with Gasteiger partial charge in [-0.3, -0.25) is 4.79 Å². The number of carbonyl (C=O) groups excluding carboxylic acids is 1. The van der Waals surface area contributed by atoms with Gasteiger partial charge in [0.1, 0.15) is 6.07 Å². The lowest BCUT2D eigenvalue weighted by atomic mass is 9.81. The highest BCUT2D eigenvalue weighted by molar-refractivity contribution is 6.02. The van der Waals surface area contributed by atoms with Crippen LogP contribution in [0.1, 0.15) is 32.1 Å². The molecule has 0 radical (unpaired) electrons. The van der Waals surface area contributed by atoms with Gasteiger partial charge in [-0.05, 0) is 36.8 Å². The highest BCUT2D eigenvalue weighted by Crippen LogP contribution is 2.34. The lowest BCUT2D eigenvalue weighted by Gasteiger charge is -2.22. The second-order valence-electron chi connectivity index (χ2n) is 3.53. The Balaban J connectivity index is 2.45. The van der Waals surface area contributed by atoms with E-state index in [9.17, 15) is 4.79 Å². The van der Waals surface area contributed by atoms with Crippen molar-refractivity contribution in [2.75, 3.05) is 0 Å². The molecule has 0 bridgehead atoms. The van der Waals surface area contributed by atoms with Crippen molar-refractivity contribution in [2.45, 2.75) is 32.1 Å². The lowest BCUT2D eigenvalue weighted by Crippen LogP contribution is -2.13. The first kappa shape index (κ1) is 8.25. The van der Waals surface area contributed by atoms with E-state index in [2.05, 4.69) is 0 Å². The third-order valence-electron chi connectivity index (χ3n) is 2.74. The maximum atomic E-state index is 11.4. The van der Waals surface area contributed by atoms with E-state index in [4.69, 9.17) is 5.26 Å². The van der Waals surface area contributed by atoms with Gasteiger partial charge in [-0.1, -0.05) is 6.08 Å². The van der Waals surface area contributed by atoms with E-state index in [-0.39, 0.29) is 5.78 Å². The van der Waals surface area contributed by atoms with Crippen molar-refractivity contribution in [1.29, 1.82) is 5.26 Å². The number of nitriles is 1. The molecule has 2 aliphatic rings. The van der Waals surface area contributed by atoms with Crippen molar-refractivity contribution < 1.29 is 4.79 Å². The van der Waals surface area contributed by atoms with Gasteiger partial charge in [0.15, 0.2) is 5.78 Å². The van der Waals surface area contributed by atoms with Gasteiger partial charge in [0.25, 0.3) is 0 Å². The van der Waals surface area contributed by atoms with E-state index < -0.39 is 0 Å². The van der Waals surface area contributed by atoms with E-state index in [0.717, 1.165) is 24.8 Å². The normalized spacial score (nSPS) is 22.1. The molecule has 2 aliphatic carbocycles. The van der Waals surface area contributed by atoms with Crippen molar-refractivity contribution in [2.24, 2.45) is 0 Å². The summed E-state index contributed by atoms with van der Waals surface area (Å²) in [6, 6.07) is 2.04. The second-order valence-corrected chi connectivity index (χ2v) is 3.53. The molecule has 0 spiro atoms. The third kappa shape index (κ3) is 1.31. The summed E-state index contributed by atoms with van der Waals surface area (Å²) in [7, 11) is 0. The quantitative estimate of drug-likeness (QED) is 0.563. The predicted octanol–water partition coefficient (Wildman–Crippen LogP) is 2.28. The molecule has 0 aromatic rings. The largest absolute Gasteiger partial charge is 0.293 e. The zero-order valence-corrected chi connectivity index (χ0v) is 7.47. The summed E-state index contributed by atoms with van der Waals surface area (Å²) in [5.74, 6) is 0.00292. The minimum Gasteiger partial charge on any atom is -0.293 e. The molecule has 0 aliphatic heterocycles. The molecule has 0 aromatic carbocycles. The fourth-order valence-electron chi connectivity index (χ4n) is 2.06. The SMILES string of the molecule is N#CC1=C2CCCCC2=CCC1=O. The smallest absolute Gasteiger partial charge is 0.177 e. The van der Waals surface area contributed by atoms with Gasteiger partial charge in [0.2, 0.25) is 0 Å². The third-order valence-corrected chi connectivity index (χ3v) is 2.74. The topological polar surface area (TPSA) is 40.9 Å². The number of hydrogen-bond acceptors (Lipinski definition) is 2. The summed E-state index contributed by atoms with van der Waals surface area (Å²) in [5.41, 5.74) is 2.71. The molecule has 0 heterocycles. The molecule has 0 saturated heterocycles. The van der Waals surface area contributed by atoms with Crippen LogP contribution < -0.4 is 0 Å². The number of Topliss-reactive ketones (excluding diaryl/α,β-unsaturated/α-hetero) is 1. The van der Waals surface area contributed by atoms with Crippen molar-refractivity contribution in [1.82, 2.24) is 0 Å². The van der Waals surface area contributed by atoms with E-state index >= 15 is 0 Å². The molecule has 0 atom stereocenters. The molecule has 0 amide bonds. The Hall–Kier alpha value is -1.36. The molecule has 1 saturated carbocycles. The molecular weight excluding hydrogens is 162 g/mol. The van der Waals surface area contributed by atoms with Gasteiger partial charge in [0, 0.05) is 6.42 Å². The Morgan fingerprint density at radius 2 is 2.08 bits per heavy atom. The average molecular weight is 173 g/mol. The van der Waals surface area contributed by atoms with Gasteiger partial charge in [-0.2, -0.15) is 5.26 Å². The molecule has 1 fully saturated rings. The fraction of sp³-hybridized carbons (Fsp3) is 0.455. The molecular formula is C11H11NO. The zero-order valence-electron chi connectivity index (χ0n) is 7.47. The maximum Gasteiger partial charge on any atom is 0.177 e. The lowest BCUT2D eigenvalue weighted by molar-refractivity contribution is -0.114. The first-order chi connectivity index (χ1) is 6.33. The molecule has 66 valence electrons. The minimum absolute atomic E-state index is 0.00292. The van der Waals surface area contributed by atoms with Crippen molar-refractivity contribution >= 4 is 5.78 Å². The zero-order chi connectivity index (χ0) is 9.26. The maximum absolute atomic E-state index is 11.4. The van der Waals surface area contributed by atoms with Crippen LogP contribution in [0.3, 0.4) is 0 Å². The highest BCUT2D eigenvalue weighted by Gasteiger charge is 2.23. The number of rotatable bonds is 0. The molecule has 13 heavy (non-hydrogen) atoms. The van der Waals surface area contributed by atoms with Crippen LogP contribution >= 0.6 is 0 Å². The number of carbonyl (C=O) groups is 1. The van der Waals surface area contributed by atoms with Crippen LogP contribution in [0.2, 0.25) is 0 Å². The van der Waals surface area contributed by atoms with Crippen molar-refractivity contribution in [3.8, 4) is 6.07 Å². The van der Waals surface area contributed by atoms with Crippen LogP contribution in [-0.2, 0) is 4.79 Å². The Bertz CT molecular complexity index is 355. The molecule has 2 heteroatoms. The van der Waals surface area contributed by atoms with E-state index in [1.165, 1.54) is 12.0 Å². The number of allylic oxidation sites excluding steroid dienone is 4. The van der Waals surface area contributed by atoms with Crippen LogP contribution in [0.5, 0.6) is 0 Å². The molecule has 0 unspecified atom stereocenters. The summed E-state index contributed by atoms with van der Waals surface area (Å²) in [6.45, 7) is 0. The highest BCUT2D eigenvalue weighted by atomic mass is 16.1. The van der Waals surface area contributed by atoms with Gasteiger partial charge >= 0.3 is 0 Å². The van der Waals surface area contributed by atoms with Crippen LogP contribution in [0.15, 0.2) is 22.8 Å². The fourth-order valence-corrected chi connectivity index (χ4v) is 2.06. The van der Waals surface area contributed by atoms with Crippen LogP contribution in [0, 0.1) is 11.3 Å². The first-order valence-corrected chi connectivity index (χ1v) is 4.69. The number of fused-ring (bicyclic) bond motifs is 1.